The second kappa shape index (κ2) is 7.91. The van der Waals surface area contributed by atoms with Crippen LogP contribution in [0.1, 0.15) is 38.1 Å². The standard InChI is InChI=1S/C21H23FN4OS/c1-25-19(17-12-13-23-21(24-17)28-2)18(14-8-10-15(22)11-9-14)20(27)26(25)16-6-4-3-5-7-16/h8-13,16H,3-7H2,1-2H3. The highest BCUT2D eigenvalue weighted by molar-refractivity contribution is 7.98. The Balaban J connectivity index is 1.96. The van der Waals surface area contributed by atoms with E-state index in [1.807, 2.05) is 28.7 Å². The molecule has 7 heteroatoms. The summed E-state index contributed by atoms with van der Waals surface area (Å²) in [5.74, 6) is -0.319. The second-order valence-electron chi connectivity index (χ2n) is 7.12. The van der Waals surface area contributed by atoms with Gasteiger partial charge in [0.1, 0.15) is 5.82 Å². The van der Waals surface area contributed by atoms with Crippen LogP contribution in [0.4, 0.5) is 4.39 Å². The molecule has 0 radical (unpaired) electrons. The fraction of sp³-hybridized carbons (Fsp3) is 0.381. The molecule has 1 aliphatic rings. The molecule has 2 heterocycles. The molecular formula is C21H23FN4OS. The van der Waals surface area contributed by atoms with Gasteiger partial charge >= 0.3 is 0 Å². The van der Waals surface area contributed by atoms with E-state index in [1.54, 1.807) is 18.3 Å². The summed E-state index contributed by atoms with van der Waals surface area (Å²) in [5.41, 5.74) is 2.68. The van der Waals surface area contributed by atoms with Crippen molar-refractivity contribution >= 4 is 11.8 Å². The molecule has 1 aromatic carbocycles. The van der Waals surface area contributed by atoms with Crippen LogP contribution in [-0.2, 0) is 7.05 Å². The largest absolute Gasteiger partial charge is 0.283 e. The van der Waals surface area contributed by atoms with E-state index in [0.717, 1.165) is 31.4 Å². The average Bonchev–Trinajstić information content (AvgIpc) is 2.99. The first-order chi connectivity index (χ1) is 13.6. The summed E-state index contributed by atoms with van der Waals surface area (Å²) >= 11 is 1.46. The van der Waals surface area contributed by atoms with Gasteiger partial charge in [-0.05, 0) is 42.9 Å². The van der Waals surface area contributed by atoms with Gasteiger partial charge in [-0.25, -0.2) is 19.0 Å². The van der Waals surface area contributed by atoms with Crippen molar-refractivity contribution in [3.05, 3.63) is 52.7 Å². The molecule has 28 heavy (non-hydrogen) atoms. The topological polar surface area (TPSA) is 52.7 Å². The molecule has 0 N–H and O–H groups in total. The average molecular weight is 399 g/mol. The summed E-state index contributed by atoms with van der Waals surface area (Å²) in [7, 11) is 1.92. The third-order valence-electron chi connectivity index (χ3n) is 5.42. The maximum absolute atomic E-state index is 13.5. The summed E-state index contributed by atoms with van der Waals surface area (Å²) in [5, 5.41) is 0.653. The molecule has 0 atom stereocenters. The van der Waals surface area contributed by atoms with Crippen molar-refractivity contribution in [2.75, 3.05) is 6.26 Å². The zero-order valence-electron chi connectivity index (χ0n) is 16.1. The van der Waals surface area contributed by atoms with Crippen LogP contribution in [0.15, 0.2) is 46.5 Å². The zero-order valence-corrected chi connectivity index (χ0v) is 16.9. The van der Waals surface area contributed by atoms with Gasteiger partial charge in [0.05, 0.1) is 23.0 Å². The molecule has 0 unspecified atom stereocenters. The van der Waals surface area contributed by atoms with Crippen LogP contribution < -0.4 is 5.56 Å². The van der Waals surface area contributed by atoms with Gasteiger partial charge < -0.3 is 0 Å². The predicted molar refractivity (Wildman–Crippen MR) is 110 cm³/mol. The van der Waals surface area contributed by atoms with Crippen LogP contribution in [0.25, 0.3) is 22.5 Å². The van der Waals surface area contributed by atoms with E-state index < -0.39 is 0 Å². The highest BCUT2D eigenvalue weighted by Gasteiger charge is 2.27. The Morgan fingerprint density at radius 3 is 2.50 bits per heavy atom. The summed E-state index contributed by atoms with van der Waals surface area (Å²) in [6.45, 7) is 0. The monoisotopic (exact) mass is 398 g/mol. The fourth-order valence-corrected chi connectivity index (χ4v) is 4.46. The smallest absolute Gasteiger partial charge is 0.275 e. The highest BCUT2D eigenvalue weighted by Crippen LogP contribution is 2.33. The molecule has 1 fully saturated rings. The van der Waals surface area contributed by atoms with E-state index >= 15 is 0 Å². The Morgan fingerprint density at radius 2 is 1.82 bits per heavy atom. The minimum absolute atomic E-state index is 0.0414. The number of hydrogen-bond acceptors (Lipinski definition) is 4. The van der Waals surface area contributed by atoms with Gasteiger partial charge in [0, 0.05) is 13.2 Å². The number of halogens is 1. The van der Waals surface area contributed by atoms with Crippen LogP contribution in [0.2, 0.25) is 0 Å². The van der Waals surface area contributed by atoms with E-state index in [4.69, 9.17) is 0 Å². The van der Waals surface area contributed by atoms with Crippen molar-refractivity contribution in [3.63, 3.8) is 0 Å². The summed E-state index contributed by atoms with van der Waals surface area (Å²) in [4.78, 5) is 22.4. The maximum atomic E-state index is 13.5. The van der Waals surface area contributed by atoms with Crippen molar-refractivity contribution in [1.82, 2.24) is 19.3 Å². The summed E-state index contributed by atoms with van der Waals surface area (Å²) in [6.07, 6.45) is 9.12. The Bertz CT molecular complexity index is 1040. The van der Waals surface area contributed by atoms with Crippen LogP contribution >= 0.6 is 11.8 Å². The SMILES string of the molecule is CSc1nccc(-c2c(-c3ccc(F)cc3)c(=O)n(C3CCCCC3)n2C)n1. The first-order valence-corrected chi connectivity index (χ1v) is 10.8. The number of benzene rings is 1. The van der Waals surface area contributed by atoms with Gasteiger partial charge in [-0.2, -0.15) is 0 Å². The first kappa shape index (κ1) is 18.9. The lowest BCUT2D eigenvalue weighted by atomic mass is 9.95. The van der Waals surface area contributed by atoms with Gasteiger partial charge in [0.2, 0.25) is 0 Å². The number of hydrogen-bond donors (Lipinski definition) is 0. The van der Waals surface area contributed by atoms with Crippen molar-refractivity contribution in [2.45, 2.75) is 43.3 Å². The van der Waals surface area contributed by atoms with E-state index in [2.05, 4.69) is 9.97 Å². The van der Waals surface area contributed by atoms with Crippen LogP contribution in [-0.4, -0.2) is 25.6 Å². The zero-order chi connectivity index (χ0) is 19.7. The minimum atomic E-state index is -0.319. The molecule has 1 aliphatic carbocycles. The predicted octanol–water partition coefficient (Wildman–Crippen LogP) is 4.68. The summed E-state index contributed by atoms with van der Waals surface area (Å²) < 4.78 is 17.3. The molecular weight excluding hydrogens is 375 g/mol. The molecule has 0 bridgehead atoms. The van der Waals surface area contributed by atoms with E-state index in [1.165, 1.54) is 30.3 Å². The molecule has 0 saturated heterocycles. The van der Waals surface area contributed by atoms with Crippen LogP contribution in [0, 0.1) is 5.82 Å². The normalized spacial score (nSPS) is 15.1. The van der Waals surface area contributed by atoms with Crippen molar-refractivity contribution in [3.8, 4) is 22.5 Å². The number of rotatable bonds is 4. The molecule has 4 rings (SSSR count). The van der Waals surface area contributed by atoms with Gasteiger partial charge in [0.25, 0.3) is 5.56 Å². The lowest BCUT2D eigenvalue weighted by Crippen LogP contribution is -2.28. The molecule has 0 spiro atoms. The Hall–Kier alpha value is -2.41. The maximum Gasteiger partial charge on any atom is 0.275 e. The Labute approximate surface area is 167 Å². The van der Waals surface area contributed by atoms with Gasteiger partial charge in [-0.1, -0.05) is 43.2 Å². The quantitative estimate of drug-likeness (QED) is 0.473. The third-order valence-corrected chi connectivity index (χ3v) is 5.98. The first-order valence-electron chi connectivity index (χ1n) is 9.55. The lowest BCUT2D eigenvalue weighted by molar-refractivity contribution is 0.296. The molecule has 2 aromatic heterocycles. The fourth-order valence-electron chi connectivity index (χ4n) is 4.10. The summed E-state index contributed by atoms with van der Waals surface area (Å²) in [6, 6.07) is 8.12. The molecule has 5 nitrogen and oxygen atoms in total. The van der Waals surface area contributed by atoms with Crippen LogP contribution in [0.5, 0.6) is 0 Å². The number of thioether (sulfide) groups is 1. The Kier molecular flexibility index (Phi) is 5.35. The number of aromatic nitrogens is 4. The van der Waals surface area contributed by atoms with E-state index in [-0.39, 0.29) is 17.4 Å². The van der Waals surface area contributed by atoms with Crippen molar-refractivity contribution < 1.29 is 4.39 Å². The number of nitrogens with zero attached hydrogens (tertiary/aromatic N) is 4. The van der Waals surface area contributed by atoms with E-state index in [9.17, 15) is 9.18 Å². The minimum Gasteiger partial charge on any atom is -0.283 e. The second-order valence-corrected chi connectivity index (χ2v) is 7.90. The highest BCUT2D eigenvalue weighted by atomic mass is 32.2. The van der Waals surface area contributed by atoms with E-state index in [0.29, 0.717) is 22.0 Å². The lowest BCUT2D eigenvalue weighted by Gasteiger charge is -2.24. The van der Waals surface area contributed by atoms with Crippen molar-refractivity contribution in [1.29, 1.82) is 0 Å². The van der Waals surface area contributed by atoms with Crippen LogP contribution in [0.3, 0.4) is 0 Å². The Morgan fingerprint density at radius 1 is 1.11 bits per heavy atom. The van der Waals surface area contributed by atoms with Crippen molar-refractivity contribution in [2.24, 2.45) is 7.05 Å². The molecule has 3 aromatic rings. The molecule has 0 amide bonds. The van der Waals surface area contributed by atoms with Gasteiger partial charge in [0.15, 0.2) is 5.16 Å². The molecule has 146 valence electrons. The molecule has 0 aliphatic heterocycles. The van der Waals surface area contributed by atoms with Gasteiger partial charge in [-0.15, -0.1) is 0 Å². The molecule has 1 saturated carbocycles. The van der Waals surface area contributed by atoms with Gasteiger partial charge in [-0.3, -0.25) is 9.48 Å². The third kappa shape index (κ3) is 3.39.